The monoisotopic (exact) mass is 308 g/mol. The number of halogens is 1. The number of thioether (sulfide) groups is 1. The quantitative estimate of drug-likeness (QED) is 0.479. The minimum absolute atomic E-state index is 0.0649. The van der Waals surface area contributed by atoms with E-state index in [1.54, 1.807) is 11.8 Å². The van der Waals surface area contributed by atoms with Crippen molar-refractivity contribution in [2.75, 3.05) is 0 Å². The lowest BCUT2D eigenvalue weighted by Gasteiger charge is -2.31. The van der Waals surface area contributed by atoms with E-state index in [-0.39, 0.29) is 46.2 Å². The third kappa shape index (κ3) is 1.67. The second-order valence-corrected chi connectivity index (χ2v) is 7.45. The number of ether oxygens (including phenoxy) is 1. The fraction of sp³-hybridized carbons (Fsp3) is 0.467. The molecule has 5 heteroatoms. The van der Waals surface area contributed by atoms with Gasteiger partial charge in [0, 0.05) is 15.5 Å². The summed E-state index contributed by atoms with van der Waals surface area (Å²) in [7, 11) is 0. The Labute approximate surface area is 126 Å². The lowest BCUT2D eigenvalue weighted by molar-refractivity contribution is -0.154. The van der Waals surface area contributed by atoms with Crippen molar-refractivity contribution in [3.05, 3.63) is 30.3 Å². The van der Waals surface area contributed by atoms with Gasteiger partial charge >= 0.3 is 11.9 Å². The molecule has 0 amide bonds. The molecule has 0 N–H and O–H groups in total. The van der Waals surface area contributed by atoms with Gasteiger partial charge in [0.2, 0.25) is 0 Å². The molecule has 0 radical (unpaired) electrons. The molecule has 1 heterocycles. The third-order valence-electron chi connectivity index (χ3n) is 4.76. The van der Waals surface area contributed by atoms with E-state index < -0.39 is 0 Å². The van der Waals surface area contributed by atoms with E-state index in [2.05, 4.69) is 12.1 Å². The van der Waals surface area contributed by atoms with Crippen LogP contribution in [-0.4, -0.2) is 22.6 Å². The number of fused-ring (bicyclic) bond motifs is 5. The van der Waals surface area contributed by atoms with Crippen LogP contribution >= 0.6 is 23.4 Å². The van der Waals surface area contributed by atoms with Crippen molar-refractivity contribution in [3.8, 4) is 0 Å². The summed E-state index contributed by atoms with van der Waals surface area (Å²) < 4.78 is 4.81. The van der Waals surface area contributed by atoms with Crippen molar-refractivity contribution in [3.63, 3.8) is 0 Å². The Morgan fingerprint density at radius 3 is 2.40 bits per heavy atom. The maximum absolute atomic E-state index is 11.9. The summed E-state index contributed by atoms with van der Waals surface area (Å²) in [5.41, 5.74) is 0. The van der Waals surface area contributed by atoms with Crippen molar-refractivity contribution in [2.24, 2.45) is 23.7 Å². The highest BCUT2D eigenvalue weighted by molar-refractivity contribution is 8.00. The molecule has 20 heavy (non-hydrogen) atoms. The molecule has 0 aromatic heterocycles. The molecular weight excluding hydrogens is 296 g/mol. The predicted octanol–water partition coefficient (Wildman–Crippen LogP) is 2.72. The molecule has 3 nitrogen and oxygen atoms in total. The van der Waals surface area contributed by atoms with Gasteiger partial charge in [-0.3, -0.25) is 9.59 Å². The molecule has 3 aliphatic rings. The predicted molar refractivity (Wildman–Crippen MR) is 75.4 cm³/mol. The average Bonchev–Trinajstić information content (AvgIpc) is 3.05. The minimum Gasteiger partial charge on any atom is -0.393 e. The summed E-state index contributed by atoms with van der Waals surface area (Å²) in [4.78, 5) is 24.8. The molecule has 1 aromatic carbocycles. The van der Waals surface area contributed by atoms with E-state index in [0.717, 1.165) is 11.3 Å². The van der Waals surface area contributed by atoms with Crippen LogP contribution < -0.4 is 0 Å². The molecule has 2 bridgehead atoms. The SMILES string of the molecule is O=C1OC(=O)C2C3CC(C(Cl)C3Sc3ccccc3)C12. The fourth-order valence-electron chi connectivity index (χ4n) is 3.97. The van der Waals surface area contributed by atoms with Gasteiger partial charge in [0.1, 0.15) is 0 Å². The maximum Gasteiger partial charge on any atom is 0.317 e. The Hall–Kier alpha value is -1.00. The highest BCUT2D eigenvalue weighted by Crippen LogP contribution is 2.60. The van der Waals surface area contributed by atoms with Gasteiger partial charge in [0.05, 0.1) is 11.8 Å². The van der Waals surface area contributed by atoms with E-state index in [4.69, 9.17) is 16.3 Å². The first-order chi connectivity index (χ1) is 9.66. The first-order valence-electron chi connectivity index (χ1n) is 6.78. The maximum atomic E-state index is 11.9. The summed E-state index contributed by atoms with van der Waals surface area (Å²) in [6, 6.07) is 10.1. The van der Waals surface area contributed by atoms with Crippen LogP contribution in [0.15, 0.2) is 35.2 Å². The average molecular weight is 309 g/mol. The Kier molecular flexibility index (Phi) is 2.86. The zero-order valence-electron chi connectivity index (χ0n) is 10.6. The molecule has 4 rings (SSSR count). The van der Waals surface area contributed by atoms with Gasteiger partial charge in [-0.2, -0.15) is 0 Å². The number of alkyl halides is 1. The Balaban J connectivity index is 1.62. The summed E-state index contributed by atoms with van der Waals surface area (Å²) in [5, 5.41) is 0.119. The van der Waals surface area contributed by atoms with Gasteiger partial charge in [0.25, 0.3) is 0 Å². The van der Waals surface area contributed by atoms with Crippen LogP contribution in [0.3, 0.4) is 0 Å². The van der Waals surface area contributed by atoms with Gasteiger partial charge < -0.3 is 4.74 Å². The number of benzene rings is 1. The van der Waals surface area contributed by atoms with Crippen molar-refractivity contribution in [1.29, 1.82) is 0 Å². The Bertz CT molecular complexity index is 576. The lowest BCUT2D eigenvalue weighted by atomic mass is 9.80. The fourth-order valence-corrected chi connectivity index (χ4v) is 5.99. The third-order valence-corrected chi connectivity index (χ3v) is 6.96. The number of carbonyl (C=O) groups excluding carboxylic acids is 2. The summed E-state index contributed by atoms with van der Waals surface area (Å²) >= 11 is 8.29. The number of hydrogen-bond donors (Lipinski definition) is 0. The van der Waals surface area contributed by atoms with Crippen molar-refractivity contribution in [2.45, 2.75) is 21.9 Å². The number of cyclic esters (lactones) is 2. The lowest BCUT2D eigenvalue weighted by Crippen LogP contribution is -2.39. The second kappa shape index (κ2) is 4.50. The highest BCUT2D eigenvalue weighted by atomic mass is 35.5. The van der Waals surface area contributed by atoms with Crippen LogP contribution in [0.2, 0.25) is 0 Å². The molecule has 1 saturated heterocycles. The van der Waals surface area contributed by atoms with Crippen molar-refractivity contribution >= 4 is 35.3 Å². The Morgan fingerprint density at radius 1 is 1.05 bits per heavy atom. The summed E-state index contributed by atoms with van der Waals surface area (Å²) in [6.07, 6.45) is 0.870. The van der Waals surface area contributed by atoms with Crippen molar-refractivity contribution in [1.82, 2.24) is 0 Å². The van der Waals surface area contributed by atoms with E-state index in [9.17, 15) is 9.59 Å². The minimum atomic E-state index is -0.360. The first-order valence-corrected chi connectivity index (χ1v) is 8.10. The molecule has 2 saturated carbocycles. The Morgan fingerprint density at radius 2 is 1.70 bits per heavy atom. The number of carbonyl (C=O) groups is 2. The molecule has 1 aromatic rings. The van der Waals surface area contributed by atoms with E-state index in [1.807, 2.05) is 18.2 Å². The topological polar surface area (TPSA) is 43.4 Å². The van der Waals surface area contributed by atoms with Crippen LogP contribution in [0, 0.1) is 23.7 Å². The van der Waals surface area contributed by atoms with Crippen LogP contribution in [0.5, 0.6) is 0 Å². The molecule has 6 unspecified atom stereocenters. The van der Waals surface area contributed by atoms with Gasteiger partial charge in [-0.05, 0) is 30.4 Å². The molecule has 104 valence electrons. The van der Waals surface area contributed by atoms with E-state index in [1.165, 1.54) is 0 Å². The van der Waals surface area contributed by atoms with Crippen LogP contribution in [0.25, 0.3) is 0 Å². The van der Waals surface area contributed by atoms with Gasteiger partial charge in [-0.25, -0.2) is 0 Å². The molecule has 6 atom stereocenters. The van der Waals surface area contributed by atoms with Gasteiger partial charge in [-0.1, -0.05) is 18.2 Å². The van der Waals surface area contributed by atoms with E-state index in [0.29, 0.717) is 0 Å². The van der Waals surface area contributed by atoms with Gasteiger partial charge in [0.15, 0.2) is 0 Å². The summed E-state index contributed by atoms with van der Waals surface area (Å²) in [5.74, 6) is -0.995. The molecule has 0 spiro atoms. The number of esters is 2. The molecule has 1 aliphatic heterocycles. The van der Waals surface area contributed by atoms with E-state index >= 15 is 0 Å². The molecular formula is C15H13ClO3S. The van der Waals surface area contributed by atoms with Crippen LogP contribution in [0.1, 0.15) is 6.42 Å². The van der Waals surface area contributed by atoms with Crippen LogP contribution in [0.4, 0.5) is 0 Å². The normalized spacial score (nSPS) is 41.9. The number of rotatable bonds is 2. The molecule has 3 fully saturated rings. The largest absolute Gasteiger partial charge is 0.393 e. The van der Waals surface area contributed by atoms with Crippen LogP contribution in [-0.2, 0) is 14.3 Å². The number of hydrogen-bond acceptors (Lipinski definition) is 4. The highest BCUT2D eigenvalue weighted by Gasteiger charge is 2.66. The zero-order valence-corrected chi connectivity index (χ0v) is 12.1. The zero-order chi connectivity index (χ0) is 13.9. The van der Waals surface area contributed by atoms with Gasteiger partial charge in [-0.15, -0.1) is 23.4 Å². The smallest absolute Gasteiger partial charge is 0.317 e. The first kappa shape index (κ1) is 12.7. The molecule has 2 aliphatic carbocycles. The van der Waals surface area contributed by atoms with Crippen molar-refractivity contribution < 1.29 is 14.3 Å². The summed E-state index contributed by atoms with van der Waals surface area (Å²) in [6.45, 7) is 0. The second-order valence-electron chi connectivity index (χ2n) is 5.70. The standard InChI is InChI=1S/C15H13ClO3S/c16-12-8-6-9(11-10(8)14(17)19-15(11)18)13(12)20-7-4-2-1-3-5-7/h1-5,8-13H,6H2.